The van der Waals surface area contributed by atoms with Crippen molar-refractivity contribution in [2.45, 2.75) is 44.2 Å². The van der Waals surface area contributed by atoms with E-state index in [9.17, 15) is 14.4 Å². The van der Waals surface area contributed by atoms with Crippen molar-refractivity contribution in [2.75, 3.05) is 13.1 Å². The molecule has 2 N–H and O–H groups in total. The second kappa shape index (κ2) is 9.17. The van der Waals surface area contributed by atoms with Crippen LogP contribution in [-0.4, -0.2) is 46.7 Å². The highest BCUT2D eigenvalue weighted by Crippen LogP contribution is 2.27. The van der Waals surface area contributed by atoms with E-state index in [1.807, 2.05) is 18.2 Å². The van der Waals surface area contributed by atoms with Crippen molar-refractivity contribution in [1.82, 2.24) is 20.5 Å². The number of amides is 3. The predicted octanol–water partition coefficient (Wildman–Crippen LogP) is 2.00. The Morgan fingerprint density at radius 1 is 1.03 bits per heavy atom. The number of nitrogens with one attached hydrogen (secondary N) is 2. The molecule has 1 atom stereocenters. The molecular weight excluding hydrogens is 380 g/mol. The zero-order valence-corrected chi connectivity index (χ0v) is 16.8. The number of carbonyl (C=O) groups is 3. The highest BCUT2D eigenvalue weighted by molar-refractivity contribution is 6.03. The third-order valence-electron chi connectivity index (χ3n) is 5.80. The number of hydrogen-bond donors (Lipinski definition) is 2. The van der Waals surface area contributed by atoms with Crippen LogP contribution in [0.1, 0.15) is 53.3 Å². The summed E-state index contributed by atoms with van der Waals surface area (Å²) < 4.78 is 0. The molecule has 2 saturated heterocycles. The predicted molar refractivity (Wildman–Crippen MR) is 112 cm³/mol. The van der Waals surface area contributed by atoms with E-state index in [0.717, 1.165) is 38.2 Å². The van der Waals surface area contributed by atoms with Gasteiger partial charge in [0.2, 0.25) is 11.8 Å². The molecule has 1 aromatic carbocycles. The van der Waals surface area contributed by atoms with E-state index in [4.69, 9.17) is 0 Å². The number of pyridine rings is 1. The first-order chi connectivity index (χ1) is 14.6. The van der Waals surface area contributed by atoms with Crippen molar-refractivity contribution in [3.63, 3.8) is 0 Å². The van der Waals surface area contributed by atoms with Crippen LogP contribution < -0.4 is 10.6 Å². The lowest BCUT2D eigenvalue weighted by Gasteiger charge is -2.31. The maximum absolute atomic E-state index is 12.6. The number of piperidine rings is 2. The molecule has 156 valence electrons. The molecule has 0 aliphatic carbocycles. The van der Waals surface area contributed by atoms with Gasteiger partial charge in [0.1, 0.15) is 11.7 Å². The molecule has 1 unspecified atom stereocenters. The molecule has 30 heavy (non-hydrogen) atoms. The Morgan fingerprint density at radius 3 is 2.53 bits per heavy atom. The molecule has 2 aliphatic rings. The van der Waals surface area contributed by atoms with Gasteiger partial charge in [0, 0.05) is 24.6 Å². The molecule has 3 amide bonds. The molecule has 4 rings (SSSR count). The van der Waals surface area contributed by atoms with Gasteiger partial charge in [-0.15, -0.1) is 0 Å². The van der Waals surface area contributed by atoms with Crippen LogP contribution in [0.4, 0.5) is 0 Å². The normalized spacial score (nSPS) is 20.6. The fourth-order valence-corrected chi connectivity index (χ4v) is 4.10. The molecule has 7 heteroatoms. The van der Waals surface area contributed by atoms with Crippen molar-refractivity contribution in [1.29, 1.82) is 0 Å². The molecule has 0 spiro atoms. The number of nitrogens with zero attached hydrogens (tertiary/aromatic N) is 2. The minimum atomic E-state index is -0.693. The van der Waals surface area contributed by atoms with Crippen LogP contribution in [0.5, 0.6) is 0 Å². The van der Waals surface area contributed by atoms with Crippen LogP contribution in [0, 0.1) is 0 Å². The highest BCUT2D eigenvalue weighted by atomic mass is 16.2. The maximum atomic E-state index is 12.6. The zero-order valence-electron chi connectivity index (χ0n) is 16.8. The third kappa shape index (κ3) is 4.91. The number of likely N-dealkylation sites (tertiary alicyclic amines) is 1. The molecule has 7 nitrogen and oxygen atoms in total. The fraction of sp³-hybridized carbons (Fsp3) is 0.391. The summed E-state index contributed by atoms with van der Waals surface area (Å²) in [6.07, 6.45) is 2.54. The van der Waals surface area contributed by atoms with Gasteiger partial charge in [-0.25, -0.2) is 4.98 Å². The van der Waals surface area contributed by atoms with E-state index in [2.05, 4.69) is 44.8 Å². The van der Waals surface area contributed by atoms with Crippen molar-refractivity contribution in [3.8, 4) is 0 Å². The minimum Gasteiger partial charge on any atom is -0.339 e. The summed E-state index contributed by atoms with van der Waals surface area (Å²) in [5.74, 6) is -0.820. The lowest BCUT2D eigenvalue weighted by Crippen LogP contribution is -2.52. The van der Waals surface area contributed by atoms with Gasteiger partial charge >= 0.3 is 0 Å². The quantitative estimate of drug-likeness (QED) is 0.741. The summed E-state index contributed by atoms with van der Waals surface area (Å²) in [5.41, 5.74) is 2.55. The van der Waals surface area contributed by atoms with Crippen molar-refractivity contribution in [3.05, 3.63) is 65.5 Å². The molecule has 2 aromatic rings. The van der Waals surface area contributed by atoms with Gasteiger partial charge in [-0.05, 0) is 50.0 Å². The van der Waals surface area contributed by atoms with Gasteiger partial charge in [-0.2, -0.15) is 0 Å². The monoisotopic (exact) mass is 406 g/mol. The Bertz CT molecular complexity index is 923. The number of aromatic nitrogens is 1. The number of carbonyl (C=O) groups excluding carboxylic acids is 3. The van der Waals surface area contributed by atoms with Gasteiger partial charge < -0.3 is 5.32 Å². The first kappa shape index (κ1) is 20.2. The van der Waals surface area contributed by atoms with Crippen molar-refractivity contribution >= 4 is 17.7 Å². The van der Waals surface area contributed by atoms with Gasteiger partial charge in [0.05, 0.1) is 0 Å². The van der Waals surface area contributed by atoms with Gasteiger partial charge in [-0.3, -0.25) is 24.6 Å². The first-order valence-electron chi connectivity index (χ1n) is 10.5. The number of imide groups is 1. The summed E-state index contributed by atoms with van der Waals surface area (Å²) in [4.78, 5) is 42.8. The Hall–Kier alpha value is -3.06. The van der Waals surface area contributed by atoms with E-state index < -0.39 is 11.9 Å². The van der Waals surface area contributed by atoms with Gasteiger partial charge in [-0.1, -0.05) is 36.4 Å². The Labute approximate surface area is 175 Å². The number of benzene rings is 1. The summed E-state index contributed by atoms with van der Waals surface area (Å²) >= 11 is 0. The first-order valence-corrected chi connectivity index (χ1v) is 10.5. The van der Waals surface area contributed by atoms with E-state index >= 15 is 0 Å². The summed E-state index contributed by atoms with van der Waals surface area (Å²) in [6, 6.07) is 15.3. The fourth-order valence-electron chi connectivity index (χ4n) is 4.10. The van der Waals surface area contributed by atoms with Crippen molar-refractivity contribution in [2.24, 2.45) is 0 Å². The Kier molecular flexibility index (Phi) is 6.18. The Morgan fingerprint density at radius 2 is 1.80 bits per heavy atom. The molecular formula is C23H26N4O3. The van der Waals surface area contributed by atoms with Gasteiger partial charge in [0.15, 0.2) is 0 Å². The Balaban J connectivity index is 1.34. The number of rotatable bonds is 5. The molecule has 0 bridgehead atoms. The van der Waals surface area contributed by atoms with Crippen LogP contribution in [0.25, 0.3) is 0 Å². The summed E-state index contributed by atoms with van der Waals surface area (Å²) in [6.45, 7) is 2.94. The summed E-state index contributed by atoms with van der Waals surface area (Å²) in [5, 5.41) is 4.95. The second-order valence-corrected chi connectivity index (χ2v) is 7.96. The third-order valence-corrected chi connectivity index (χ3v) is 5.80. The van der Waals surface area contributed by atoms with Crippen LogP contribution in [-0.2, 0) is 16.1 Å². The molecule has 3 heterocycles. The largest absolute Gasteiger partial charge is 0.339 e. The maximum Gasteiger partial charge on any atom is 0.270 e. The molecule has 0 radical (unpaired) electrons. The van der Waals surface area contributed by atoms with Crippen LogP contribution in [0.15, 0.2) is 48.5 Å². The van der Waals surface area contributed by atoms with E-state index in [-0.39, 0.29) is 18.2 Å². The molecule has 2 aliphatic heterocycles. The minimum absolute atomic E-state index is 0.228. The highest BCUT2D eigenvalue weighted by Gasteiger charge is 2.29. The van der Waals surface area contributed by atoms with Crippen molar-refractivity contribution < 1.29 is 14.4 Å². The van der Waals surface area contributed by atoms with Crippen LogP contribution in [0.2, 0.25) is 0 Å². The average Bonchev–Trinajstić information content (AvgIpc) is 2.77. The van der Waals surface area contributed by atoms with Crippen LogP contribution in [0.3, 0.4) is 0 Å². The topological polar surface area (TPSA) is 91.4 Å². The van der Waals surface area contributed by atoms with Crippen LogP contribution >= 0.6 is 0 Å². The standard InChI is InChI=1S/C23H26N4O3/c28-21-10-9-20(23(30)26-21)25-22(29)19-8-4-7-18(24-19)17-11-13-27(14-12-17)15-16-5-2-1-3-6-16/h1-8,17,20H,9-15H2,(H,25,29)(H,26,28,30). The smallest absolute Gasteiger partial charge is 0.270 e. The van der Waals surface area contributed by atoms with E-state index in [1.165, 1.54) is 5.56 Å². The average molecular weight is 406 g/mol. The summed E-state index contributed by atoms with van der Waals surface area (Å²) in [7, 11) is 0. The number of hydrogen-bond acceptors (Lipinski definition) is 5. The SMILES string of the molecule is O=C1CCC(NC(=O)c2cccc(C3CCN(Cc4ccccc4)CC3)n2)C(=O)N1. The molecule has 2 fully saturated rings. The molecule has 0 saturated carbocycles. The lowest BCUT2D eigenvalue weighted by atomic mass is 9.92. The van der Waals surface area contributed by atoms with Gasteiger partial charge in [0.25, 0.3) is 5.91 Å². The van der Waals surface area contributed by atoms with E-state index in [1.54, 1.807) is 6.07 Å². The van der Waals surface area contributed by atoms with E-state index in [0.29, 0.717) is 18.0 Å². The second-order valence-electron chi connectivity index (χ2n) is 7.96. The zero-order chi connectivity index (χ0) is 20.9. The molecule has 1 aromatic heterocycles. The lowest BCUT2D eigenvalue weighted by molar-refractivity contribution is -0.134.